The highest BCUT2D eigenvalue weighted by Gasteiger charge is 2.32. The minimum atomic E-state index is 0.119. The Morgan fingerprint density at radius 2 is 1.95 bits per heavy atom. The summed E-state index contributed by atoms with van der Waals surface area (Å²) in [4.78, 5) is 21.4. The first-order chi connectivity index (χ1) is 10.7. The second kappa shape index (κ2) is 6.51. The Morgan fingerprint density at radius 1 is 1.23 bits per heavy atom. The maximum absolute atomic E-state index is 11.8. The van der Waals surface area contributed by atoms with Gasteiger partial charge in [0, 0.05) is 31.6 Å². The summed E-state index contributed by atoms with van der Waals surface area (Å²) in [5.74, 6) is 1.30. The third kappa shape index (κ3) is 2.87. The van der Waals surface area contributed by atoms with Gasteiger partial charge in [-0.1, -0.05) is 18.2 Å². The zero-order valence-corrected chi connectivity index (χ0v) is 13.6. The van der Waals surface area contributed by atoms with Gasteiger partial charge in [0.2, 0.25) is 5.96 Å². The van der Waals surface area contributed by atoms with E-state index in [0.29, 0.717) is 6.42 Å². The van der Waals surface area contributed by atoms with Gasteiger partial charge in [-0.3, -0.25) is 4.79 Å². The van der Waals surface area contributed by atoms with E-state index in [2.05, 4.69) is 28.9 Å². The number of para-hydroxylation sites is 1. The van der Waals surface area contributed by atoms with Crippen molar-refractivity contribution in [3.05, 3.63) is 29.8 Å². The molecule has 1 unspecified atom stereocenters. The molecule has 1 saturated heterocycles. The van der Waals surface area contributed by atoms with Crippen LogP contribution in [-0.4, -0.2) is 41.2 Å². The molecule has 0 bridgehead atoms. The molecule has 0 aromatic heterocycles. The summed E-state index contributed by atoms with van der Waals surface area (Å²) in [7, 11) is 0. The summed E-state index contributed by atoms with van der Waals surface area (Å²) >= 11 is 0. The number of aliphatic imine (C=N–C) groups is 1. The van der Waals surface area contributed by atoms with E-state index in [9.17, 15) is 4.79 Å². The Kier molecular flexibility index (Phi) is 4.46. The second-order valence-electron chi connectivity index (χ2n) is 6.23. The van der Waals surface area contributed by atoms with Crippen molar-refractivity contribution in [1.82, 2.24) is 9.80 Å². The van der Waals surface area contributed by atoms with E-state index in [1.807, 2.05) is 12.1 Å². The molecule has 0 radical (unpaired) electrons. The van der Waals surface area contributed by atoms with Gasteiger partial charge in [-0.05, 0) is 39.2 Å². The van der Waals surface area contributed by atoms with Gasteiger partial charge in [0.05, 0.1) is 11.7 Å². The normalized spacial score (nSPS) is 21.4. The van der Waals surface area contributed by atoms with E-state index in [4.69, 9.17) is 4.99 Å². The summed E-state index contributed by atoms with van der Waals surface area (Å²) in [6.45, 7) is 6.86. The third-order valence-corrected chi connectivity index (χ3v) is 4.61. The molecule has 22 heavy (non-hydrogen) atoms. The van der Waals surface area contributed by atoms with Crippen LogP contribution in [0.3, 0.4) is 0 Å². The minimum Gasteiger partial charge on any atom is -0.343 e. The topological polar surface area (TPSA) is 35.9 Å². The van der Waals surface area contributed by atoms with E-state index < -0.39 is 0 Å². The van der Waals surface area contributed by atoms with Gasteiger partial charge in [0.15, 0.2) is 0 Å². The number of nitrogens with zero attached hydrogens (tertiary/aromatic N) is 3. The molecule has 1 atom stereocenters. The maximum Gasteiger partial charge on any atom is 0.202 e. The minimum absolute atomic E-state index is 0.119. The molecule has 1 aromatic rings. The Bertz CT molecular complexity index is 575. The first kappa shape index (κ1) is 15.1. The van der Waals surface area contributed by atoms with Crippen molar-refractivity contribution in [3.8, 4) is 0 Å². The van der Waals surface area contributed by atoms with Crippen LogP contribution in [0, 0.1) is 0 Å². The second-order valence-corrected chi connectivity index (χ2v) is 6.23. The molecule has 118 valence electrons. The molecule has 2 heterocycles. The molecule has 0 aliphatic carbocycles. The SMILES string of the molecule is CCN1C(N2CCCCC2)=Nc2ccccc2C1CC(C)=O. The van der Waals surface area contributed by atoms with Crippen molar-refractivity contribution in [2.24, 2.45) is 4.99 Å². The molecule has 4 nitrogen and oxygen atoms in total. The lowest BCUT2D eigenvalue weighted by Crippen LogP contribution is -2.49. The standard InChI is InChI=1S/C18H25N3O/c1-3-21-17(13-14(2)22)15-9-5-6-10-16(15)19-18(21)20-11-7-4-8-12-20/h5-6,9-10,17H,3-4,7-8,11-13H2,1-2H3. The number of guanidine groups is 1. The zero-order valence-electron chi connectivity index (χ0n) is 13.6. The number of ketones is 1. The predicted molar refractivity (Wildman–Crippen MR) is 89.4 cm³/mol. The highest BCUT2D eigenvalue weighted by Crippen LogP contribution is 2.37. The van der Waals surface area contributed by atoms with E-state index in [1.165, 1.54) is 24.8 Å². The molecular formula is C18H25N3O. The first-order valence-electron chi connectivity index (χ1n) is 8.39. The van der Waals surface area contributed by atoms with E-state index in [-0.39, 0.29) is 11.8 Å². The molecular weight excluding hydrogens is 274 g/mol. The lowest BCUT2D eigenvalue weighted by atomic mass is 9.96. The number of benzene rings is 1. The zero-order chi connectivity index (χ0) is 15.5. The van der Waals surface area contributed by atoms with E-state index in [1.54, 1.807) is 6.92 Å². The lowest BCUT2D eigenvalue weighted by molar-refractivity contribution is -0.118. The molecule has 1 fully saturated rings. The van der Waals surface area contributed by atoms with Crippen molar-refractivity contribution in [2.45, 2.75) is 45.6 Å². The van der Waals surface area contributed by atoms with Crippen LogP contribution >= 0.6 is 0 Å². The molecule has 0 saturated carbocycles. The average molecular weight is 299 g/mol. The maximum atomic E-state index is 11.8. The summed E-state index contributed by atoms with van der Waals surface area (Å²) in [6, 6.07) is 8.37. The molecule has 4 heteroatoms. The predicted octanol–water partition coefficient (Wildman–Crippen LogP) is 3.52. The van der Waals surface area contributed by atoms with Gasteiger partial charge in [-0.15, -0.1) is 0 Å². The number of hydrogen-bond donors (Lipinski definition) is 0. The number of fused-ring (bicyclic) bond motifs is 1. The van der Waals surface area contributed by atoms with Gasteiger partial charge < -0.3 is 9.80 Å². The fourth-order valence-corrected chi connectivity index (χ4v) is 3.55. The van der Waals surface area contributed by atoms with Gasteiger partial charge in [0.25, 0.3) is 0 Å². The molecule has 2 aliphatic rings. The van der Waals surface area contributed by atoms with Gasteiger partial charge in [-0.2, -0.15) is 0 Å². The van der Waals surface area contributed by atoms with Crippen LogP contribution in [-0.2, 0) is 4.79 Å². The number of likely N-dealkylation sites (tertiary alicyclic amines) is 1. The molecule has 0 amide bonds. The highest BCUT2D eigenvalue weighted by molar-refractivity contribution is 5.87. The fraction of sp³-hybridized carbons (Fsp3) is 0.556. The summed E-state index contributed by atoms with van der Waals surface area (Å²) in [6.07, 6.45) is 4.33. The Labute approximate surface area is 132 Å². The van der Waals surface area contributed by atoms with Crippen molar-refractivity contribution in [1.29, 1.82) is 0 Å². The number of piperidine rings is 1. The van der Waals surface area contributed by atoms with Gasteiger partial charge in [-0.25, -0.2) is 4.99 Å². The van der Waals surface area contributed by atoms with Crippen molar-refractivity contribution < 1.29 is 4.79 Å². The van der Waals surface area contributed by atoms with Crippen LogP contribution in [0.15, 0.2) is 29.3 Å². The van der Waals surface area contributed by atoms with Crippen molar-refractivity contribution in [3.63, 3.8) is 0 Å². The van der Waals surface area contributed by atoms with Crippen LogP contribution in [0.5, 0.6) is 0 Å². The molecule has 2 aliphatic heterocycles. The molecule has 0 N–H and O–H groups in total. The number of Topliss-reactive ketones (excluding diaryl/α,β-unsaturated/α-hetero) is 1. The van der Waals surface area contributed by atoms with Crippen LogP contribution in [0.25, 0.3) is 0 Å². The van der Waals surface area contributed by atoms with Crippen molar-refractivity contribution >= 4 is 17.4 Å². The third-order valence-electron chi connectivity index (χ3n) is 4.61. The molecule has 3 rings (SSSR count). The number of rotatable bonds is 3. The van der Waals surface area contributed by atoms with Crippen LogP contribution in [0.1, 0.15) is 51.1 Å². The smallest absolute Gasteiger partial charge is 0.202 e. The quantitative estimate of drug-likeness (QED) is 0.857. The Balaban J connectivity index is 2.01. The van der Waals surface area contributed by atoms with Crippen molar-refractivity contribution in [2.75, 3.05) is 19.6 Å². The average Bonchev–Trinajstić information content (AvgIpc) is 2.55. The van der Waals surface area contributed by atoms with Gasteiger partial charge in [0.1, 0.15) is 5.78 Å². The lowest BCUT2D eigenvalue weighted by Gasteiger charge is -2.43. The molecule has 1 aromatic carbocycles. The van der Waals surface area contributed by atoms with Crippen LogP contribution in [0.2, 0.25) is 0 Å². The van der Waals surface area contributed by atoms with E-state index in [0.717, 1.165) is 31.3 Å². The highest BCUT2D eigenvalue weighted by atomic mass is 16.1. The van der Waals surface area contributed by atoms with Crippen LogP contribution in [0.4, 0.5) is 5.69 Å². The first-order valence-corrected chi connectivity index (χ1v) is 8.39. The largest absolute Gasteiger partial charge is 0.343 e. The summed E-state index contributed by atoms with van der Waals surface area (Å²) in [5, 5.41) is 0. The van der Waals surface area contributed by atoms with E-state index >= 15 is 0 Å². The Hall–Kier alpha value is -1.84. The summed E-state index contributed by atoms with van der Waals surface area (Å²) in [5.41, 5.74) is 2.21. The fourth-order valence-electron chi connectivity index (χ4n) is 3.55. The van der Waals surface area contributed by atoms with Crippen LogP contribution < -0.4 is 0 Å². The number of carbonyl (C=O) groups excluding carboxylic acids is 1. The monoisotopic (exact) mass is 299 g/mol. The van der Waals surface area contributed by atoms with Gasteiger partial charge >= 0.3 is 0 Å². The number of carbonyl (C=O) groups is 1. The molecule has 0 spiro atoms. The Morgan fingerprint density at radius 3 is 2.64 bits per heavy atom. The summed E-state index contributed by atoms with van der Waals surface area (Å²) < 4.78 is 0. The number of hydrogen-bond acceptors (Lipinski definition) is 4.